The molecule has 1 aromatic carbocycles. The van der Waals surface area contributed by atoms with E-state index < -0.39 is 0 Å². The molecule has 0 heterocycles. The highest BCUT2D eigenvalue weighted by Crippen LogP contribution is 2.23. The van der Waals surface area contributed by atoms with Crippen molar-refractivity contribution in [2.45, 2.75) is 43.4 Å². The van der Waals surface area contributed by atoms with Gasteiger partial charge in [-0.15, -0.1) is 11.8 Å². The summed E-state index contributed by atoms with van der Waals surface area (Å²) in [6.45, 7) is 6.19. The number of hydrogen-bond acceptors (Lipinski definition) is 2. The van der Waals surface area contributed by atoms with Crippen LogP contribution >= 0.6 is 11.8 Å². The summed E-state index contributed by atoms with van der Waals surface area (Å²) < 4.78 is 0. The average Bonchev–Trinajstić information content (AvgIpc) is 2.06. The van der Waals surface area contributed by atoms with E-state index in [2.05, 4.69) is 38.1 Å². The molecule has 1 aromatic rings. The van der Waals surface area contributed by atoms with E-state index in [0.717, 1.165) is 6.42 Å². The van der Waals surface area contributed by atoms with E-state index in [1.807, 2.05) is 18.7 Å². The first-order valence-corrected chi connectivity index (χ1v) is 5.89. The van der Waals surface area contributed by atoms with Gasteiger partial charge in [0.1, 0.15) is 0 Å². The summed E-state index contributed by atoms with van der Waals surface area (Å²) in [6.07, 6.45) is 0.491. The maximum Gasteiger partial charge on any atom is 0.0552 e. The van der Waals surface area contributed by atoms with E-state index in [-0.39, 0.29) is 6.10 Å². The predicted octanol–water partition coefficient (Wildman–Crippen LogP) is 3.11. The van der Waals surface area contributed by atoms with Crippen LogP contribution in [0.3, 0.4) is 0 Å². The Morgan fingerprint density at radius 3 is 2.14 bits per heavy atom. The van der Waals surface area contributed by atoms with Crippen molar-refractivity contribution in [1.82, 2.24) is 0 Å². The minimum Gasteiger partial charge on any atom is -0.393 e. The fourth-order valence-corrected chi connectivity index (χ4v) is 2.15. The largest absolute Gasteiger partial charge is 0.393 e. The van der Waals surface area contributed by atoms with Crippen molar-refractivity contribution in [3.05, 3.63) is 29.8 Å². The van der Waals surface area contributed by atoms with Gasteiger partial charge in [0.05, 0.1) is 6.10 Å². The molecule has 2 heteroatoms. The molecule has 0 fully saturated rings. The SMILES string of the molecule is CC(O)Cc1ccc(SC(C)C)cc1. The lowest BCUT2D eigenvalue weighted by atomic mass is 10.1. The van der Waals surface area contributed by atoms with Crippen LogP contribution in [0.25, 0.3) is 0 Å². The standard InChI is InChI=1S/C12H18OS/c1-9(2)14-12-6-4-11(5-7-12)8-10(3)13/h4-7,9-10,13H,8H2,1-3H3. The molecule has 0 aliphatic rings. The van der Waals surface area contributed by atoms with E-state index in [1.165, 1.54) is 10.5 Å². The van der Waals surface area contributed by atoms with Gasteiger partial charge in [0, 0.05) is 10.1 Å². The molecule has 78 valence electrons. The van der Waals surface area contributed by atoms with Gasteiger partial charge >= 0.3 is 0 Å². The molecule has 0 radical (unpaired) electrons. The zero-order valence-electron chi connectivity index (χ0n) is 9.03. The van der Waals surface area contributed by atoms with Crippen molar-refractivity contribution in [3.8, 4) is 0 Å². The summed E-state index contributed by atoms with van der Waals surface area (Å²) in [4.78, 5) is 1.30. The zero-order chi connectivity index (χ0) is 10.6. The fourth-order valence-electron chi connectivity index (χ4n) is 1.32. The third-order valence-electron chi connectivity index (χ3n) is 1.83. The zero-order valence-corrected chi connectivity index (χ0v) is 9.84. The maximum absolute atomic E-state index is 9.22. The van der Waals surface area contributed by atoms with E-state index in [9.17, 15) is 5.11 Å². The summed E-state index contributed by atoms with van der Waals surface area (Å²) in [5.74, 6) is 0. The van der Waals surface area contributed by atoms with Crippen LogP contribution < -0.4 is 0 Å². The summed E-state index contributed by atoms with van der Waals surface area (Å²) in [5, 5.41) is 9.84. The highest BCUT2D eigenvalue weighted by Gasteiger charge is 2.00. The number of rotatable bonds is 4. The Kier molecular flexibility index (Phi) is 4.49. The smallest absolute Gasteiger partial charge is 0.0552 e. The summed E-state index contributed by atoms with van der Waals surface area (Å²) in [7, 11) is 0. The first-order valence-electron chi connectivity index (χ1n) is 5.01. The van der Waals surface area contributed by atoms with Gasteiger partial charge in [-0.25, -0.2) is 0 Å². The van der Waals surface area contributed by atoms with Crippen molar-refractivity contribution in [1.29, 1.82) is 0 Å². The topological polar surface area (TPSA) is 20.2 Å². The van der Waals surface area contributed by atoms with Crippen LogP contribution in [0.4, 0.5) is 0 Å². The van der Waals surface area contributed by atoms with Crippen LogP contribution in [0.5, 0.6) is 0 Å². The molecule has 1 N–H and O–H groups in total. The molecule has 0 aliphatic heterocycles. The summed E-state index contributed by atoms with van der Waals surface area (Å²) in [6, 6.07) is 8.44. The lowest BCUT2D eigenvalue weighted by Gasteiger charge is -2.07. The second kappa shape index (κ2) is 5.42. The molecule has 0 aromatic heterocycles. The average molecular weight is 210 g/mol. The van der Waals surface area contributed by atoms with Gasteiger partial charge in [-0.2, -0.15) is 0 Å². The number of benzene rings is 1. The van der Waals surface area contributed by atoms with Crippen LogP contribution in [-0.4, -0.2) is 16.5 Å². The van der Waals surface area contributed by atoms with Gasteiger partial charge < -0.3 is 5.11 Å². The quantitative estimate of drug-likeness (QED) is 0.771. The molecule has 0 saturated carbocycles. The number of aliphatic hydroxyl groups excluding tert-OH is 1. The maximum atomic E-state index is 9.22. The molecule has 0 aliphatic carbocycles. The van der Waals surface area contributed by atoms with Gasteiger partial charge in [0.2, 0.25) is 0 Å². The van der Waals surface area contributed by atoms with Crippen LogP contribution in [0.1, 0.15) is 26.3 Å². The van der Waals surface area contributed by atoms with Crippen LogP contribution in [-0.2, 0) is 6.42 Å². The molecule has 0 saturated heterocycles. The Morgan fingerprint density at radius 1 is 1.14 bits per heavy atom. The summed E-state index contributed by atoms with van der Waals surface area (Å²) in [5.41, 5.74) is 1.20. The van der Waals surface area contributed by atoms with Crippen molar-refractivity contribution in [2.24, 2.45) is 0 Å². The Balaban J connectivity index is 2.59. The molecule has 0 amide bonds. The van der Waals surface area contributed by atoms with Crippen molar-refractivity contribution in [2.75, 3.05) is 0 Å². The van der Waals surface area contributed by atoms with Crippen LogP contribution in [0, 0.1) is 0 Å². The fraction of sp³-hybridized carbons (Fsp3) is 0.500. The van der Waals surface area contributed by atoms with Gasteiger partial charge in [-0.05, 0) is 31.0 Å². The van der Waals surface area contributed by atoms with Crippen molar-refractivity contribution in [3.63, 3.8) is 0 Å². The second-order valence-electron chi connectivity index (χ2n) is 3.86. The Labute approximate surface area is 90.5 Å². The first-order chi connectivity index (χ1) is 6.58. The van der Waals surface area contributed by atoms with Gasteiger partial charge in [-0.3, -0.25) is 0 Å². The monoisotopic (exact) mass is 210 g/mol. The van der Waals surface area contributed by atoms with E-state index in [0.29, 0.717) is 5.25 Å². The third-order valence-corrected chi connectivity index (χ3v) is 2.84. The molecule has 1 atom stereocenters. The Bertz CT molecular complexity index is 235. The number of thioether (sulfide) groups is 1. The van der Waals surface area contributed by atoms with Gasteiger partial charge in [0.25, 0.3) is 0 Å². The number of aliphatic hydroxyl groups is 1. The molecule has 0 spiro atoms. The predicted molar refractivity (Wildman–Crippen MR) is 62.8 cm³/mol. The minimum absolute atomic E-state index is 0.251. The lowest BCUT2D eigenvalue weighted by molar-refractivity contribution is 0.195. The molecule has 1 rings (SSSR count). The van der Waals surface area contributed by atoms with Crippen LogP contribution in [0.15, 0.2) is 29.2 Å². The minimum atomic E-state index is -0.251. The molecule has 14 heavy (non-hydrogen) atoms. The second-order valence-corrected chi connectivity index (χ2v) is 5.51. The highest BCUT2D eigenvalue weighted by atomic mass is 32.2. The lowest BCUT2D eigenvalue weighted by Crippen LogP contribution is -2.03. The normalized spacial score (nSPS) is 13.2. The van der Waals surface area contributed by atoms with E-state index in [4.69, 9.17) is 0 Å². The highest BCUT2D eigenvalue weighted by molar-refractivity contribution is 7.99. The van der Waals surface area contributed by atoms with Crippen molar-refractivity contribution < 1.29 is 5.11 Å². The molecule has 1 nitrogen and oxygen atoms in total. The van der Waals surface area contributed by atoms with Crippen molar-refractivity contribution >= 4 is 11.8 Å². The first kappa shape index (κ1) is 11.6. The summed E-state index contributed by atoms with van der Waals surface area (Å²) >= 11 is 1.86. The van der Waals surface area contributed by atoms with Crippen LogP contribution in [0.2, 0.25) is 0 Å². The molecular weight excluding hydrogens is 192 g/mol. The van der Waals surface area contributed by atoms with E-state index in [1.54, 1.807) is 0 Å². The third kappa shape index (κ3) is 4.16. The molecular formula is C12H18OS. The van der Waals surface area contributed by atoms with E-state index >= 15 is 0 Å². The molecule has 0 bridgehead atoms. The Hall–Kier alpha value is -0.470. The number of hydrogen-bond donors (Lipinski definition) is 1. The Morgan fingerprint density at radius 2 is 1.71 bits per heavy atom. The van der Waals surface area contributed by atoms with Gasteiger partial charge in [0.15, 0.2) is 0 Å². The van der Waals surface area contributed by atoms with Gasteiger partial charge in [-0.1, -0.05) is 26.0 Å². The molecule has 1 unspecified atom stereocenters.